The number of rotatable bonds is 7. The predicted octanol–water partition coefficient (Wildman–Crippen LogP) is 2.23. The molecule has 26 heavy (non-hydrogen) atoms. The molecular formula is C20H26FN2O3+. The highest BCUT2D eigenvalue weighted by atomic mass is 19.1. The van der Waals surface area contributed by atoms with Gasteiger partial charge in [0.05, 0.1) is 24.9 Å². The number of hydrogen-bond donors (Lipinski definition) is 2. The van der Waals surface area contributed by atoms with E-state index >= 15 is 0 Å². The van der Waals surface area contributed by atoms with E-state index in [1.807, 2.05) is 14.0 Å². The van der Waals surface area contributed by atoms with Crippen molar-refractivity contribution in [2.24, 2.45) is 0 Å². The highest BCUT2D eigenvalue weighted by Gasteiger charge is 2.29. The van der Waals surface area contributed by atoms with E-state index in [9.17, 15) is 14.0 Å². The first-order valence-corrected chi connectivity index (χ1v) is 8.73. The number of likely N-dealkylation sites (N-methyl/N-ethyl adjacent to an activating group) is 1. The number of H-pyrrole nitrogens is 1. The maximum absolute atomic E-state index is 13.0. The Balaban J connectivity index is 2.18. The zero-order valence-corrected chi connectivity index (χ0v) is 15.9. The number of aromatic nitrogens is 1. The number of ketones is 1. The highest BCUT2D eigenvalue weighted by molar-refractivity contribution is 6.03. The summed E-state index contributed by atoms with van der Waals surface area (Å²) in [5.41, 5.74) is 3.07. The molecule has 0 aliphatic carbocycles. The van der Waals surface area contributed by atoms with Crippen LogP contribution in [0.4, 0.5) is 4.39 Å². The maximum atomic E-state index is 13.0. The number of Topliss-reactive ketones (excluding diaryl/α,β-unsaturated/α-hetero) is 1. The van der Waals surface area contributed by atoms with E-state index in [0.29, 0.717) is 29.1 Å². The number of quaternary nitrogens is 1. The Bertz CT molecular complexity index is 796. The van der Waals surface area contributed by atoms with Crippen LogP contribution in [0.25, 0.3) is 0 Å². The summed E-state index contributed by atoms with van der Waals surface area (Å²) >= 11 is 0. The van der Waals surface area contributed by atoms with Gasteiger partial charge in [-0.15, -0.1) is 0 Å². The normalized spacial score (nSPS) is 13.3. The third-order valence-electron chi connectivity index (χ3n) is 4.69. The molecule has 1 heterocycles. The lowest BCUT2D eigenvalue weighted by Crippen LogP contribution is -3.12. The molecule has 1 unspecified atom stereocenters. The molecule has 0 aliphatic heterocycles. The van der Waals surface area contributed by atoms with Crippen LogP contribution in [0.5, 0.6) is 0 Å². The summed E-state index contributed by atoms with van der Waals surface area (Å²) in [6.45, 7) is 7.99. The van der Waals surface area contributed by atoms with Crippen molar-refractivity contribution in [3.05, 3.63) is 58.2 Å². The molecule has 140 valence electrons. The minimum absolute atomic E-state index is 0.0687. The van der Waals surface area contributed by atoms with E-state index in [0.717, 1.165) is 10.5 Å². The van der Waals surface area contributed by atoms with E-state index in [4.69, 9.17) is 4.74 Å². The van der Waals surface area contributed by atoms with Crippen LogP contribution in [0.15, 0.2) is 24.3 Å². The van der Waals surface area contributed by atoms with E-state index in [1.165, 1.54) is 12.1 Å². The van der Waals surface area contributed by atoms with E-state index in [2.05, 4.69) is 4.98 Å². The first kappa shape index (κ1) is 19.8. The molecule has 0 radical (unpaired) electrons. The smallest absolute Gasteiger partial charge is 0.340 e. The second-order valence-corrected chi connectivity index (χ2v) is 6.58. The van der Waals surface area contributed by atoms with Gasteiger partial charge in [-0.1, -0.05) is 12.1 Å². The van der Waals surface area contributed by atoms with Crippen LogP contribution in [0, 0.1) is 19.7 Å². The number of aromatic amines is 1. The second-order valence-electron chi connectivity index (χ2n) is 6.58. The van der Waals surface area contributed by atoms with Crippen molar-refractivity contribution in [2.45, 2.75) is 40.3 Å². The van der Waals surface area contributed by atoms with Gasteiger partial charge in [0.2, 0.25) is 5.78 Å². The van der Waals surface area contributed by atoms with Crippen molar-refractivity contribution in [3.63, 3.8) is 0 Å². The number of hydrogen-bond acceptors (Lipinski definition) is 3. The number of ether oxygens (including phenoxy) is 1. The lowest BCUT2D eigenvalue weighted by molar-refractivity contribution is -0.907. The van der Waals surface area contributed by atoms with Gasteiger partial charge in [-0.05, 0) is 45.4 Å². The summed E-state index contributed by atoms with van der Waals surface area (Å²) in [7, 11) is 1.92. The van der Waals surface area contributed by atoms with Gasteiger partial charge in [-0.2, -0.15) is 0 Å². The summed E-state index contributed by atoms with van der Waals surface area (Å²) in [4.78, 5) is 29.1. The Labute approximate surface area is 153 Å². The maximum Gasteiger partial charge on any atom is 0.340 e. The van der Waals surface area contributed by atoms with Gasteiger partial charge in [0.1, 0.15) is 12.4 Å². The average Bonchev–Trinajstić information content (AvgIpc) is 2.90. The van der Waals surface area contributed by atoms with Crippen LogP contribution >= 0.6 is 0 Å². The average molecular weight is 361 g/mol. The molecule has 2 N–H and O–H groups in total. The largest absolute Gasteiger partial charge is 0.462 e. The minimum Gasteiger partial charge on any atom is -0.462 e. The minimum atomic E-state index is -0.419. The van der Waals surface area contributed by atoms with Crippen LogP contribution in [-0.4, -0.2) is 36.4 Å². The third-order valence-corrected chi connectivity index (χ3v) is 4.69. The van der Waals surface area contributed by atoms with Crippen LogP contribution in [-0.2, 0) is 11.3 Å². The molecule has 6 heteroatoms. The molecule has 0 saturated heterocycles. The molecule has 2 atom stereocenters. The Morgan fingerprint density at radius 2 is 1.85 bits per heavy atom. The Hall–Kier alpha value is -2.47. The van der Waals surface area contributed by atoms with Crippen LogP contribution in [0.1, 0.15) is 51.5 Å². The Kier molecular flexibility index (Phi) is 6.32. The molecule has 5 nitrogen and oxygen atoms in total. The summed E-state index contributed by atoms with van der Waals surface area (Å²) in [5, 5.41) is 0. The third kappa shape index (κ3) is 4.19. The van der Waals surface area contributed by atoms with Gasteiger partial charge in [-0.25, -0.2) is 9.18 Å². The van der Waals surface area contributed by atoms with Crippen molar-refractivity contribution in [3.8, 4) is 0 Å². The molecule has 0 aliphatic rings. The standard InChI is InChI=1S/C20H25FN2O3/c1-6-26-20(25)17-12(2)18(22-13(17)3)19(24)14(4)23(5)11-15-7-9-16(21)10-8-15/h7-10,14,22H,6,11H2,1-5H3/p+1/t14-/m1/s1. The molecule has 0 spiro atoms. The first-order valence-electron chi connectivity index (χ1n) is 8.73. The van der Waals surface area contributed by atoms with Gasteiger partial charge >= 0.3 is 5.97 Å². The van der Waals surface area contributed by atoms with Gasteiger partial charge in [0, 0.05) is 11.3 Å². The first-order chi connectivity index (χ1) is 12.3. The van der Waals surface area contributed by atoms with E-state index in [-0.39, 0.29) is 24.2 Å². The Morgan fingerprint density at radius 1 is 1.23 bits per heavy atom. The summed E-state index contributed by atoms with van der Waals surface area (Å²) in [5.74, 6) is -0.766. The van der Waals surface area contributed by atoms with Gasteiger partial charge in [0.25, 0.3) is 0 Å². The number of nitrogens with one attached hydrogen (secondary N) is 2. The van der Waals surface area contributed by atoms with Crippen LogP contribution in [0.3, 0.4) is 0 Å². The van der Waals surface area contributed by atoms with Crippen molar-refractivity contribution in [2.75, 3.05) is 13.7 Å². The predicted molar refractivity (Wildman–Crippen MR) is 97.0 cm³/mol. The molecule has 0 bridgehead atoms. The van der Waals surface area contributed by atoms with Crippen molar-refractivity contribution < 1.29 is 23.6 Å². The number of carbonyl (C=O) groups excluding carboxylic acids is 2. The second kappa shape index (κ2) is 8.27. The zero-order chi connectivity index (χ0) is 19.4. The van der Waals surface area contributed by atoms with E-state index < -0.39 is 5.97 Å². The zero-order valence-electron chi connectivity index (χ0n) is 15.9. The monoisotopic (exact) mass is 361 g/mol. The molecule has 1 aromatic carbocycles. The number of benzene rings is 1. The van der Waals surface area contributed by atoms with Crippen molar-refractivity contribution in [1.82, 2.24) is 4.98 Å². The van der Waals surface area contributed by atoms with E-state index in [1.54, 1.807) is 32.9 Å². The number of carbonyl (C=O) groups is 2. The number of aryl methyl sites for hydroxylation is 1. The lowest BCUT2D eigenvalue weighted by atomic mass is 10.0. The molecule has 0 fully saturated rings. The fourth-order valence-electron chi connectivity index (χ4n) is 3.02. The number of halogens is 1. The molecule has 0 saturated carbocycles. The fourth-order valence-corrected chi connectivity index (χ4v) is 3.02. The molecular weight excluding hydrogens is 335 g/mol. The fraction of sp³-hybridized carbons (Fsp3) is 0.400. The molecule has 2 aromatic rings. The summed E-state index contributed by atoms with van der Waals surface area (Å²) in [6.07, 6.45) is 0. The highest BCUT2D eigenvalue weighted by Crippen LogP contribution is 2.20. The van der Waals surface area contributed by atoms with Crippen LogP contribution < -0.4 is 4.90 Å². The lowest BCUT2D eigenvalue weighted by Gasteiger charge is -2.20. The molecule has 1 aromatic heterocycles. The SMILES string of the molecule is CCOC(=O)c1c(C)[nH]c(C(=O)[C@@H](C)[NH+](C)Cc2ccc(F)cc2)c1C. The topological polar surface area (TPSA) is 63.6 Å². The van der Waals surface area contributed by atoms with Gasteiger partial charge in [0.15, 0.2) is 6.04 Å². The van der Waals surface area contributed by atoms with Crippen molar-refractivity contribution >= 4 is 11.8 Å². The Morgan fingerprint density at radius 3 is 2.42 bits per heavy atom. The summed E-state index contributed by atoms with van der Waals surface area (Å²) < 4.78 is 18.1. The molecule has 2 rings (SSSR count). The van der Waals surface area contributed by atoms with Gasteiger partial charge < -0.3 is 14.6 Å². The van der Waals surface area contributed by atoms with Gasteiger partial charge in [-0.3, -0.25) is 4.79 Å². The van der Waals surface area contributed by atoms with Crippen molar-refractivity contribution in [1.29, 1.82) is 0 Å². The number of esters is 1. The summed E-state index contributed by atoms with van der Waals surface area (Å²) in [6, 6.07) is 5.95. The quantitative estimate of drug-likeness (QED) is 0.587. The molecule has 0 amide bonds. The van der Waals surface area contributed by atoms with Crippen LogP contribution in [0.2, 0.25) is 0 Å².